The van der Waals surface area contributed by atoms with Gasteiger partial charge in [0.1, 0.15) is 4.92 Å². The summed E-state index contributed by atoms with van der Waals surface area (Å²) in [5, 5.41) is 21.8. The minimum absolute atomic E-state index is 0.0700. The Hall–Kier alpha value is -1.89. The van der Waals surface area contributed by atoms with Gasteiger partial charge in [-0.05, 0) is 18.4 Å². The van der Waals surface area contributed by atoms with E-state index in [1.807, 2.05) is 6.92 Å². The largest absolute Gasteiger partial charge is 0.433 e. The molecule has 0 bridgehead atoms. The van der Waals surface area contributed by atoms with Crippen molar-refractivity contribution in [3.05, 3.63) is 28.0 Å². The van der Waals surface area contributed by atoms with E-state index in [4.69, 9.17) is 9.52 Å². The van der Waals surface area contributed by atoms with E-state index in [0.717, 1.165) is 12.5 Å². The molecule has 0 saturated carbocycles. The fourth-order valence-corrected chi connectivity index (χ4v) is 1.51. The zero-order valence-corrected chi connectivity index (χ0v) is 10.1. The molecule has 18 heavy (non-hydrogen) atoms. The molecule has 0 aliphatic heterocycles. The SMILES string of the molecule is CCC(CCO)CNC(=O)c1ccc([N+](=O)[O-])o1. The lowest BCUT2D eigenvalue weighted by Gasteiger charge is -2.13. The van der Waals surface area contributed by atoms with Gasteiger partial charge in [-0.15, -0.1) is 0 Å². The Bertz CT molecular complexity index is 415. The number of aliphatic hydroxyl groups is 1. The molecule has 0 aliphatic rings. The molecule has 1 atom stereocenters. The van der Waals surface area contributed by atoms with Crippen LogP contribution in [0.4, 0.5) is 5.88 Å². The van der Waals surface area contributed by atoms with E-state index < -0.39 is 16.7 Å². The number of aliphatic hydroxyl groups excluding tert-OH is 1. The molecule has 0 aromatic carbocycles. The zero-order valence-electron chi connectivity index (χ0n) is 10.1. The number of carbonyl (C=O) groups excluding carboxylic acids is 1. The number of furan rings is 1. The van der Waals surface area contributed by atoms with Gasteiger partial charge in [-0.1, -0.05) is 13.3 Å². The van der Waals surface area contributed by atoms with E-state index >= 15 is 0 Å². The summed E-state index contributed by atoms with van der Waals surface area (Å²) in [6.07, 6.45) is 1.44. The van der Waals surface area contributed by atoms with E-state index in [1.54, 1.807) is 0 Å². The second kappa shape index (κ2) is 6.75. The number of hydrogen-bond donors (Lipinski definition) is 2. The lowest BCUT2D eigenvalue weighted by atomic mass is 10.0. The lowest BCUT2D eigenvalue weighted by molar-refractivity contribution is -0.402. The van der Waals surface area contributed by atoms with E-state index in [2.05, 4.69) is 5.32 Å². The number of amides is 1. The van der Waals surface area contributed by atoms with Crippen molar-refractivity contribution < 1.29 is 19.2 Å². The number of nitrogens with one attached hydrogen (secondary N) is 1. The zero-order chi connectivity index (χ0) is 13.5. The van der Waals surface area contributed by atoms with Gasteiger partial charge in [0.25, 0.3) is 5.91 Å². The lowest BCUT2D eigenvalue weighted by Crippen LogP contribution is -2.29. The Labute approximate surface area is 104 Å². The van der Waals surface area contributed by atoms with Crippen LogP contribution in [0, 0.1) is 16.0 Å². The van der Waals surface area contributed by atoms with Crippen molar-refractivity contribution in [3.63, 3.8) is 0 Å². The van der Waals surface area contributed by atoms with Crippen molar-refractivity contribution in [3.8, 4) is 0 Å². The van der Waals surface area contributed by atoms with E-state index in [-0.39, 0.29) is 18.3 Å². The highest BCUT2D eigenvalue weighted by Gasteiger charge is 2.17. The second-order valence-corrected chi connectivity index (χ2v) is 3.89. The van der Waals surface area contributed by atoms with Crippen LogP contribution in [-0.4, -0.2) is 29.1 Å². The second-order valence-electron chi connectivity index (χ2n) is 3.89. The van der Waals surface area contributed by atoms with Crippen LogP contribution < -0.4 is 5.32 Å². The third-order valence-corrected chi connectivity index (χ3v) is 2.66. The standard InChI is InChI=1S/C11H16N2O5/c1-2-8(5-6-14)7-12-11(15)9-3-4-10(18-9)13(16)17/h3-4,8,14H,2,5-7H2,1H3,(H,12,15). The molecule has 0 saturated heterocycles. The van der Waals surface area contributed by atoms with Crippen LogP contribution >= 0.6 is 0 Å². The summed E-state index contributed by atoms with van der Waals surface area (Å²) >= 11 is 0. The Balaban J connectivity index is 2.51. The van der Waals surface area contributed by atoms with Gasteiger partial charge in [-0.25, -0.2) is 0 Å². The van der Waals surface area contributed by atoms with E-state index in [0.29, 0.717) is 13.0 Å². The smallest absolute Gasteiger partial charge is 0.396 e. The molecular weight excluding hydrogens is 240 g/mol. The van der Waals surface area contributed by atoms with Gasteiger partial charge < -0.3 is 14.8 Å². The topological polar surface area (TPSA) is 106 Å². The van der Waals surface area contributed by atoms with Crippen LogP contribution in [-0.2, 0) is 0 Å². The van der Waals surface area contributed by atoms with Gasteiger partial charge in [0, 0.05) is 13.2 Å². The summed E-state index contributed by atoms with van der Waals surface area (Å²) in [7, 11) is 0. The van der Waals surface area contributed by atoms with Crippen molar-refractivity contribution in [2.75, 3.05) is 13.2 Å². The molecule has 1 unspecified atom stereocenters. The van der Waals surface area contributed by atoms with Crippen molar-refractivity contribution in [1.82, 2.24) is 5.32 Å². The van der Waals surface area contributed by atoms with Gasteiger partial charge in [0.15, 0.2) is 5.76 Å². The van der Waals surface area contributed by atoms with Gasteiger partial charge in [0.2, 0.25) is 0 Å². The maximum absolute atomic E-state index is 11.6. The first-order valence-electron chi connectivity index (χ1n) is 5.71. The minimum atomic E-state index is -0.697. The quantitative estimate of drug-likeness (QED) is 0.565. The molecule has 100 valence electrons. The molecule has 0 radical (unpaired) electrons. The Morgan fingerprint density at radius 3 is 2.83 bits per heavy atom. The average Bonchev–Trinajstić information content (AvgIpc) is 2.83. The van der Waals surface area contributed by atoms with Crippen molar-refractivity contribution in [2.45, 2.75) is 19.8 Å². The number of carbonyl (C=O) groups is 1. The predicted octanol–water partition coefficient (Wildman–Crippen LogP) is 1.33. The van der Waals surface area contributed by atoms with E-state index in [1.165, 1.54) is 6.07 Å². The molecule has 1 rings (SSSR count). The third kappa shape index (κ3) is 3.85. The van der Waals surface area contributed by atoms with Crippen molar-refractivity contribution >= 4 is 11.8 Å². The maximum Gasteiger partial charge on any atom is 0.433 e. The van der Waals surface area contributed by atoms with Crippen LogP contribution in [0.2, 0.25) is 0 Å². The molecule has 1 amide bonds. The Morgan fingerprint density at radius 2 is 2.33 bits per heavy atom. The Kier molecular flexibility index (Phi) is 5.31. The highest BCUT2D eigenvalue weighted by atomic mass is 16.6. The maximum atomic E-state index is 11.6. The monoisotopic (exact) mass is 256 g/mol. The molecule has 2 N–H and O–H groups in total. The van der Waals surface area contributed by atoms with Crippen LogP contribution in [0.25, 0.3) is 0 Å². The predicted molar refractivity (Wildman–Crippen MR) is 63.2 cm³/mol. The molecule has 7 nitrogen and oxygen atoms in total. The van der Waals surface area contributed by atoms with Crippen LogP contribution in [0.15, 0.2) is 16.5 Å². The highest BCUT2D eigenvalue weighted by molar-refractivity contribution is 5.91. The van der Waals surface area contributed by atoms with Crippen molar-refractivity contribution in [1.29, 1.82) is 0 Å². The van der Waals surface area contributed by atoms with Gasteiger partial charge in [0.05, 0.1) is 6.07 Å². The minimum Gasteiger partial charge on any atom is -0.396 e. The fraction of sp³-hybridized carbons (Fsp3) is 0.545. The number of rotatable bonds is 7. The van der Waals surface area contributed by atoms with Gasteiger partial charge in [-0.2, -0.15) is 0 Å². The first kappa shape index (κ1) is 14.2. The summed E-state index contributed by atoms with van der Waals surface area (Å²) in [6.45, 7) is 2.44. The molecule has 1 aromatic rings. The first-order chi connectivity index (χ1) is 8.58. The van der Waals surface area contributed by atoms with Crippen molar-refractivity contribution in [2.24, 2.45) is 5.92 Å². The van der Waals surface area contributed by atoms with Crippen LogP contribution in [0.3, 0.4) is 0 Å². The first-order valence-corrected chi connectivity index (χ1v) is 5.71. The summed E-state index contributed by atoms with van der Waals surface area (Å²) in [4.78, 5) is 21.3. The molecule has 0 aliphatic carbocycles. The van der Waals surface area contributed by atoms with E-state index in [9.17, 15) is 14.9 Å². The third-order valence-electron chi connectivity index (χ3n) is 2.66. The Morgan fingerprint density at radius 1 is 1.61 bits per heavy atom. The number of nitro groups is 1. The summed E-state index contributed by atoms with van der Waals surface area (Å²) < 4.78 is 4.77. The molecule has 0 spiro atoms. The fourth-order valence-electron chi connectivity index (χ4n) is 1.51. The normalized spacial score (nSPS) is 12.1. The number of nitrogens with zero attached hydrogens (tertiary/aromatic N) is 1. The van der Waals surface area contributed by atoms with Gasteiger partial charge >= 0.3 is 5.88 Å². The molecule has 1 aromatic heterocycles. The average molecular weight is 256 g/mol. The summed E-state index contributed by atoms with van der Waals surface area (Å²) in [5.41, 5.74) is 0. The highest BCUT2D eigenvalue weighted by Crippen LogP contribution is 2.15. The number of hydrogen-bond acceptors (Lipinski definition) is 5. The molecule has 1 heterocycles. The summed E-state index contributed by atoms with van der Waals surface area (Å²) in [5.74, 6) is -0.841. The van der Waals surface area contributed by atoms with Gasteiger partial charge in [-0.3, -0.25) is 14.9 Å². The molecular formula is C11H16N2O5. The van der Waals surface area contributed by atoms with Crippen LogP contribution in [0.5, 0.6) is 0 Å². The molecule has 7 heteroatoms. The summed E-state index contributed by atoms with van der Waals surface area (Å²) in [6, 6.07) is 2.40. The van der Waals surface area contributed by atoms with Crippen LogP contribution in [0.1, 0.15) is 30.3 Å². The molecule has 0 fully saturated rings.